The molecule has 1 saturated heterocycles. The van der Waals surface area contributed by atoms with Gasteiger partial charge in [0.05, 0.1) is 10.9 Å². The summed E-state index contributed by atoms with van der Waals surface area (Å²) in [5.74, 6) is -2.57. The third-order valence-corrected chi connectivity index (χ3v) is 7.24. The van der Waals surface area contributed by atoms with Crippen LogP contribution in [0.3, 0.4) is 0 Å². The highest BCUT2D eigenvalue weighted by atomic mass is 19.1. The standard InChI is InChI=1S/C22H25F2N3O3/c1-25-10-22-6-2-3-12(22)8-26(11-22)19-16(23)7-14-18(17(19)24)27(13-4-5-13)9-15(20(14)28)21(29)30/h7,9,12-13,25H,2-6,8,10-11H2,1H3,(H,29,30)/t12-,22-/m0/s1. The number of aromatic nitrogens is 1. The van der Waals surface area contributed by atoms with E-state index >= 15 is 8.78 Å². The highest BCUT2D eigenvalue weighted by molar-refractivity contribution is 5.94. The molecule has 2 heterocycles. The fraction of sp³-hybridized carbons (Fsp3) is 0.545. The molecule has 0 amide bonds. The SMILES string of the molecule is CNC[C@]12CCC[C@H]1CN(c1c(F)cc3c(=O)c(C(=O)O)cn(C4CC4)c3c1F)C2. The van der Waals surface area contributed by atoms with Crippen molar-refractivity contribution in [2.45, 2.75) is 38.1 Å². The fourth-order valence-corrected chi connectivity index (χ4v) is 5.74. The van der Waals surface area contributed by atoms with Crippen LogP contribution in [-0.2, 0) is 0 Å². The van der Waals surface area contributed by atoms with Crippen LogP contribution in [0.15, 0.2) is 17.1 Å². The summed E-state index contributed by atoms with van der Waals surface area (Å²) < 4.78 is 32.5. The number of hydrogen-bond donors (Lipinski definition) is 2. The minimum Gasteiger partial charge on any atom is -0.477 e. The number of fused-ring (bicyclic) bond motifs is 2. The van der Waals surface area contributed by atoms with Gasteiger partial charge in [0.2, 0.25) is 5.43 Å². The fourth-order valence-electron chi connectivity index (χ4n) is 5.74. The second-order valence-electron chi connectivity index (χ2n) is 9.10. The number of carboxylic acids is 1. The summed E-state index contributed by atoms with van der Waals surface area (Å²) in [5, 5.41) is 12.4. The number of benzene rings is 1. The van der Waals surface area contributed by atoms with Crippen LogP contribution in [0.5, 0.6) is 0 Å². The highest BCUT2D eigenvalue weighted by Crippen LogP contribution is 2.50. The lowest BCUT2D eigenvalue weighted by Crippen LogP contribution is -2.37. The number of nitrogens with one attached hydrogen (secondary N) is 1. The van der Waals surface area contributed by atoms with E-state index in [1.54, 1.807) is 4.90 Å². The minimum atomic E-state index is -1.39. The maximum absolute atomic E-state index is 15.8. The molecule has 2 N–H and O–H groups in total. The van der Waals surface area contributed by atoms with Crippen molar-refractivity contribution in [3.63, 3.8) is 0 Å². The van der Waals surface area contributed by atoms with Crippen LogP contribution in [0.4, 0.5) is 14.5 Å². The summed E-state index contributed by atoms with van der Waals surface area (Å²) >= 11 is 0. The highest BCUT2D eigenvalue weighted by Gasteiger charge is 2.50. The summed E-state index contributed by atoms with van der Waals surface area (Å²) in [5.41, 5.74) is -1.37. The van der Waals surface area contributed by atoms with Gasteiger partial charge in [-0.15, -0.1) is 0 Å². The molecule has 1 aromatic heterocycles. The molecular formula is C22H25F2N3O3. The van der Waals surface area contributed by atoms with Gasteiger partial charge in [0.25, 0.3) is 0 Å². The summed E-state index contributed by atoms with van der Waals surface area (Å²) in [6.07, 6.45) is 5.98. The Hall–Kier alpha value is -2.48. The molecule has 6 nitrogen and oxygen atoms in total. The number of nitrogens with zero attached hydrogens (tertiary/aromatic N) is 2. The first-order valence-electron chi connectivity index (χ1n) is 10.6. The zero-order valence-electron chi connectivity index (χ0n) is 16.9. The summed E-state index contributed by atoms with van der Waals surface area (Å²) in [6, 6.07) is 0.966. The van der Waals surface area contributed by atoms with Crippen molar-refractivity contribution in [1.29, 1.82) is 0 Å². The van der Waals surface area contributed by atoms with Crippen molar-refractivity contribution >= 4 is 22.6 Å². The van der Waals surface area contributed by atoms with E-state index in [4.69, 9.17) is 0 Å². The largest absolute Gasteiger partial charge is 0.477 e. The topological polar surface area (TPSA) is 74.6 Å². The number of rotatable bonds is 5. The molecule has 3 aliphatic rings. The molecule has 5 rings (SSSR count). The predicted molar refractivity (Wildman–Crippen MR) is 109 cm³/mol. The third-order valence-electron chi connectivity index (χ3n) is 7.24. The zero-order chi connectivity index (χ0) is 21.2. The lowest BCUT2D eigenvalue weighted by atomic mass is 9.81. The van der Waals surface area contributed by atoms with Crippen LogP contribution in [-0.4, -0.2) is 42.3 Å². The Labute approximate surface area is 172 Å². The van der Waals surface area contributed by atoms with Gasteiger partial charge in [0.15, 0.2) is 5.82 Å². The Balaban J connectivity index is 1.68. The smallest absolute Gasteiger partial charge is 0.341 e. The van der Waals surface area contributed by atoms with Crippen molar-refractivity contribution in [2.24, 2.45) is 11.3 Å². The number of aromatic carboxylic acids is 1. The molecule has 0 radical (unpaired) electrons. The Kier molecular flexibility index (Phi) is 4.39. The van der Waals surface area contributed by atoms with Crippen LogP contribution in [0.25, 0.3) is 10.9 Å². The van der Waals surface area contributed by atoms with Crippen molar-refractivity contribution in [1.82, 2.24) is 9.88 Å². The quantitative estimate of drug-likeness (QED) is 0.782. The van der Waals surface area contributed by atoms with Crippen molar-refractivity contribution in [3.05, 3.63) is 39.7 Å². The molecular weight excluding hydrogens is 392 g/mol. The Morgan fingerprint density at radius 3 is 2.77 bits per heavy atom. The molecule has 3 fully saturated rings. The van der Waals surface area contributed by atoms with Crippen LogP contribution in [0.2, 0.25) is 0 Å². The van der Waals surface area contributed by atoms with E-state index in [0.717, 1.165) is 44.7 Å². The Morgan fingerprint density at radius 2 is 2.10 bits per heavy atom. The molecule has 30 heavy (non-hydrogen) atoms. The van der Waals surface area contributed by atoms with Gasteiger partial charge in [-0.3, -0.25) is 4.79 Å². The van der Waals surface area contributed by atoms with E-state index in [-0.39, 0.29) is 28.0 Å². The van der Waals surface area contributed by atoms with Crippen LogP contribution in [0, 0.1) is 23.0 Å². The van der Waals surface area contributed by atoms with Gasteiger partial charge >= 0.3 is 5.97 Å². The first-order chi connectivity index (χ1) is 14.4. The number of pyridine rings is 1. The molecule has 0 bridgehead atoms. The van der Waals surface area contributed by atoms with E-state index in [1.807, 2.05) is 7.05 Å². The predicted octanol–water partition coefficient (Wildman–Crippen LogP) is 3.14. The van der Waals surface area contributed by atoms with Gasteiger partial charge in [-0.1, -0.05) is 6.42 Å². The van der Waals surface area contributed by atoms with Crippen LogP contribution < -0.4 is 15.6 Å². The van der Waals surface area contributed by atoms with Gasteiger partial charge in [-0.25, -0.2) is 13.6 Å². The van der Waals surface area contributed by atoms with Gasteiger partial charge in [-0.2, -0.15) is 0 Å². The van der Waals surface area contributed by atoms with Crippen molar-refractivity contribution in [3.8, 4) is 0 Å². The molecule has 0 spiro atoms. The number of anilines is 1. The van der Waals surface area contributed by atoms with E-state index in [2.05, 4.69) is 5.32 Å². The molecule has 0 unspecified atom stereocenters. The second kappa shape index (κ2) is 6.77. The third kappa shape index (κ3) is 2.76. The van der Waals surface area contributed by atoms with Crippen molar-refractivity contribution < 1.29 is 18.7 Å². The number of hydrogen-bond acceptors (Lipinski definition) is 4. The molecule has 2 aromatic rings. The van der Waals surface area contributed by atoms with E-state index < -0.39 is 28.6 Å². The van der Waals surface area contributed by atoms with Crippen LogP contribution >= 0.6 is 0 Å². The normalized spacial score (nSPS) is 25.8. The van der Waals surface area contributed by atoms with Gasteiger partial charge in [0, 0.05) is 37.3 Å². The first-order valence-corrected chi connectivity index (χ1v) is 10.6. The molecule has 160 valence electrons. The van der Waals surface area contributed by atoms with Gasteiger partial charge in [0.1, 0.15) is 17.1 Å². The van der Waals surface area contributed by atoms with E-state index in [1.165, 1.54) is 10.8 Å². The monoisotopic (exact) mass is 417 g/mol. The number of halogens is 2. The molecule has 1 aromatic carbocycles. The summed E-state index contributed by atoms with van der Waals surface area (Å²) in [7, 11) is 1.90. The second-order valence-corrected chi connectivity index (χ2v) is 9.10. The first kappa shape index (κ1) is 19.5. The zero-order valence-corrected chi connectivity index (χ0v) is 16.9. The molecule has 2 atom stereocenters. The average Bonchev–Trinajstić information content (AvgIpc) is 3.37. The molecule has 1 aliphatic heterocycles. The molecule has 8 heteroatoms. The molecule has 2 aliphatic carbocycles. The number of carbonyl (C=O) groups is 1. The maximum atomic E-state index is 15.8. The van der Waals surface area contributed by atoms with Gasteiger partial charge in [-0.05, 0) is 44.7 Å². The Bertz CT molecular complexity index is 1110. The van der Waals surface area contributed by atoms with Gasteiger partial charge < -0.3 is 19.9 Å². The van der Waals surface area contributed by atoms with Crippen LogP contribution in [0.1, 0.15) is 48.5 Å². The number of carboxylic acid groups (broad SMARTS) is 1. The molecule has 2 saturated carbocycles. The average molecular weight is 417 g/mol. The van der Waals surface area contributed by atoms with E-state index in [9.17, 15) is 14.7 Å². The Morgan fingerprint density at radius 1 is 1.33 bits per heavy atom. The maximum Gasteiger partial charge on any atom is 0.341 e. The summed E-state index contributed by atoms with van der Waals surface area (Å²) in [6.45, 7) is 1.96. The summed E-state index contributed by atoms with van der Waals surface area (Å²) in [4.78, 5) is 25.9. The lowest BCUT2D eigenvalue weighted by Gasteiger charge is -2.29. The lowest BCUT2D eigenvalue weighted by molar-refractivity contribution is 0.0694. The van der Waals surface area contributed by atoms with Crippen molar-refractivity contribution in [2.75, 3.05) is 31.6 Å². The minimum absolute atomic E-state index is 0.00586. The van der Waals surface area contributed by atoms with E-state index in [0.29, 0.717) is 19.0 Å².